The van der Waals surface area contributed by atoms with Crippen molar-refractivity contribution in [3.63, 3.8) is 0 Å². The monoisotopic (exact) mass is 301 g/mol. The van der Waals surface area contributed by atoms with E-state index >= 15 is 0 Å². The number of rotatable bonds is 5. The summed E-state index contributed by atoms with van der Waals surface area (Å²) in [6, 6.07) is 8.24. The molecule has 108 valence electrons. The second-order valence-electron chi connectivity index (χ2n) is 4.63. The standard InChI is InChI=1S/C14H15N5OS/c1-10-4-2-3-5-12(10)21-9-13-17-14(20-18-13)8-19-7-11(15)6-16-19/h2-7H,8-9,15H2,1H3. The minimum Gasteiger partial charge on any atom is -0.396 e. The minimum atomic E-state index is 0.430. The predicted molar refractivity (Wildman–Crippen MR) is 80.8 cm³/mol. The lowest BCUT2D eigenvalue weighted by molar-refractivity contribution is 0.362. The van der Waals surface area contributed by atoms with Gasteiger partial charge >= 0.3 is 0 Å². The van der Waals surface area contributed by atoms with Crippen molar-refractivity contribution in [1.29, 1.82) is 0 Å². The molecule has 0 saturated carbocycles. The summed E-state index contributed by atoms with van der Waals surface area (Å²) in [5, 5.41) is 8.07. The first-order valence-corrected chi connectivity index (χ1v) is 7.47. The molecule has 0 radical (unpaired) electrons. The normalized spacial score (nSPS) is 10.9. The quantitative estimate of drug-likeness (QED) is 0.729. The van der Waals surface area contributed by atoms with Crippen LogP contribution in [0.1, 0.15) is 17.3 Å². The van der Waals surface area contributed by atoms with Gasteiger partial charge in [0.05, 0.1) is 17.6 Å². The molecule has 0 amide bonds. The van der Waals surface area contributed by atoms with Gasteiger partial charge in [-0.2, -0.15) is 10.1 Å². The Kier molecular flexibility index (Phi) is 3.92. The van der Waals surface area contributed by atoms with Crippen molar-refractivity contribution >= 4 is 17.4 Å². The van der Waals surface area contributed by atoms with Gasteiger partial charge in [0.15, 0.2) is 5.82 Å². The number of aryl methyl sites for hydroxylation is 1. The van der Waals surface area contributed by atoms with Gasteiger partial charge in [0.2, 0.25) is 5.89 Å². The number of hydrogen-bond donors (Lipinski definition) is 1. The predicted octanol–water partition coefficient (Wildman–Crippen LogP) is 2.50. The lowest BCUT2D eigenvalue weighted by atomic mass is 10.2. The summed E-state index contributed by atoms with van der Waals surface area (Å²) in [6.07, 6.45) is 3.32. The summed E-state index contributed by atoms with van der Waals surface area (Å²) < 4.78 is 6.89. The number of aromatic nitrogens is 4. The van der Waals surface area contributed by atoms with Crippen LogP contribution in [0.2, 0.25) is 0 Å². The van der Waals surface area contributed by atoms with Crippen molar-refractivity contribution < 1.29 is 4.52 Å². The van der Waals surface area contributed by atoms with Gasteiger partial charge in [0.1, 0.15) is 6.54 Å². The Morgan fingerprint density at radius 2 is 2.19 bits per heavy atom. The van der Waals surface area contributed by atoms with Gasteiger partial charge in [0.25, 0.3) is 0 Å². The van der Waals surface area contributed by atoms with Crippen molar-refractivity contribution in [3.8, 4) is 0 Å². The summed E-state index contributed by atoms with van der Waals surface area (Å²) in [5.74, 6) is 1.88. The highest BCUT2D eigenvalue weighted by atomic mass is 32.2. The van der Waals surface area contributed by atoms with Gasteiger partial charge in [0, 0.05) is 11.1 Å². The molecule has 0 unspecified atom stereocenters. The molecule has 0 atom stereocenters. The van der Waals surface area contributed by atoms with E-state index in [1.165, 1.54) is 10.5 Å². The van der Waals surface area contributed by atoms with Crippen molar-refractivity contribution in [3.05, 3.63) is 53.9 Å². The molecule has 0 aliphatic carbocycles. The molecule has 0 aliphatic rings. The minimum absolute atomic E-state index is 0.430. The first-order valence-electron chi connectivity index (χ1n) is 6.48. The summed E-state index contributed by atoms with van der Waals surface area (Å²) in [5.41, 5.74) is 7.47. The van der Waals surface area contributed by atoms with Crippen LogP contribution in [0.4, 0.5) is 5.69 Å². The highest BCUT2D eigenvalue weighted by molar-refractivity contribution is 7.98. The first-order chi connectivity index (χ1) is 10.2. The van der Waals surface area contributed by atoms with E-state index in [0.29, 0.717) is 29.7 Å². The second-order valence-corrected chi connectivity index (χ2v) is 5.65. The van der Waals surface area contributed by atoms with Crippen LogP contribution in [0.3, 0.4) is 0 Å². The van der Waals surface area contributed by atoms with Gasteiger partial charge in [-0.05, 0) is 18.6 Å². The summed E-state index contributed by atoms with van der Waals surface area (Å²) in [6.45, 7) is 2.52. The molecule has 1 aromatic carbocycles. The highest BCUT2D eigenvalue weighted by Crippen LogP contribution is 2.24. The molecule has 2 heterocycles. The average Bonchev–Trinajstić information content (AvgIpc) is 3.08. The highest BCUT2D eigenvalue weighted by Gasteiger charge is 2.08. The van der Waals surface area contributed by atoms with Crippen LogP contribution < -0.4 is 5.73 Å². The van der Waals surface area contributed by atoms with E-state index in [1.54, 1.807) is 28.8 Å². The summed E-state index contributed by atoms with van der Waals surface area (Å²) >= 11 is 1.70. The molecule has 2 aromatic heterocycles. The number of nitrogens with zero attached hydrogens (tertiary/aromatic N) is 4. The Balaban J connectivity index is 1.61. The van der Waals surface area contributed by atoms with Crippen molar-refractivity contribution in [2.45, 2.75) is 24.1 Å². The summed E-state index contributed by atoms with van der Waals surface area (Å²) in [7, 11) is 0. The summed E-state index contributed by atoms with van der Waals surface area (Å²) in [4.78, 5) is 5.58. The third kappa shape index (κ3) is 3.43. The van der Waals surface area contributed by atoms with Gasteiger partial charge < -0.3 is 10.3 Å². The molecule has 7 heteroatoms. The van der Waals surface area contributed by atoms with Gasteiger partial charge in [-0.3, -0.25) is 4.68 Å². The third-order valence-corrected chi connectivity index (χ3v) is 4.08. The van der Waals surface area contributed by atoms with Crippen LogP contribution in [-0.4, -0.2) is 19.9 Å². The zero-order valence-electron chi connectivity index (χ0n) is 11.6. The number of hydrogen-bond acceptors (Lipinski definition) is 6. The molecule has 0 fully saturated rings. The SMILES string of the molecule is Cc1ccccc1SCc1noc(Cn2cc(N)cn2)n1. The molecule has 3 aromatic rings. The van der Waals surface area contributed by atoms with Crippen molar-refractivity contribution in [1.82, 2.24) is 19.9 Å². The molecule has 3 rings (SSSR count). The fourth-order valence-electron chi connectivity index (χ4n) is 1.88. The van der Waals surface area contributed by atoms with E-state index in [9.17, 15) is 0 Å². The van der Waals surface area contributed by atoms with Crippen LogP contribution in [-0.2, 0) is 12.3 Å². The van der Waals surface area contributed by atoms with Crippen LogP contribution in [0, 0.1) is 6.92 Å². The van der Waals surface area contributed by atoms with Gasteiger partial charge in [-0.25, -0.2) is 0 Å². The molecule has 0 spiro atoms. The maximum absolute atomic E-state index is 5.61. The lowest BCUT2D eigenvalue weighted by Gasteiger charge is -2.01. The smallest absolute Gasteiger partial charge is 0.248 e. The Hall–Kier alpha value is -2.28. The van der Waals surface area contributed by atoms with E-state index < -0.39 is 0 Å². The molecular weight excluding hydrogens is 286 g/mol. The Morgan fingerprint density at radius 3 is 2.95 bits per heavy atom. The van der Waals surface area contributed by atoms with Crippen LogP contribution in [0.15, 0.2) is 46.1 Å². The fraction of sp³-hybridized carbons (Fsp3) is 0.214. The van der Waals surface area contributed by atoms with Gasteiger partial charge in [-0.1, -0.05) is 23.4 Å². The molecule has 6 nitrogen and oxygen atoms in total. The molecule has 0 bridgehead atoms. The van der Waals surface area contributed by atoms with Crippen molar-refractivity contribution in [2.24, 2.45) is 0 Å². The molecule has 21 heavy (non-hydrogen) atoms. The Morgan fingerprint density at radius 1 is 1.33 bits per heavy atom. The van der Waals surface area contributed by atoms with E-state index in [2.05, 4.69) is 34.3 Å². The van der Waals surface area contributed by atoms with Crippen LogP contribution in [0.5, 0.6) is 0 Å². The number of benzene rings is 1. The number of nitrogens with two attached hydrogens (primary N) is 1. The van der Waals surface area contributed by atoms with Crippen LogP contribution >= 0.6 is 11.8 Å². The lowest BCUT2D eigenvalue weighted by Crippen LogP contribution is -2.00. The van der Waals surface area contributed by atoms with E-state index in [-0.39, 0.29) is 0 Å². The van der Waals surface area contributed by atoms with Crippen molar-refractivity contribution in [2.75, 3.05) is 5.73 Å². The van der Waals surface area contributed by atoms with Crippen LogP contribution in [0.25, 0.3) is 0 Å². The topological polar surface area (TPSA) is 82.8 Å². The Bertz CT molecular complexity index is 736. The van der Waals surface area contributed by atoms with Gasteiger partial charge in [-0.15, -0.1) is 11.8 Å². The van der Waals surface area contributed by atoms with E-state index in [4.69, 9.17) is 10.3 Å². The molecule has 0 aliphatic heterocycles. The first kappa shape index (κ1) is 13.7. The van der Waals surface area contributed by atoms with E-state index in [1.807, 2.05) is 12.1 Å². The second kappa shape index (κ2) is 6.01. The third-order valence-electron chi connectivity index (χ3n) is 2.91. The maximum Gasteiger partial charge on any atom is 0.248 e. The zero-order chi connectivity index (χ0) is 14.7. The number of nitrogen functional groups attached to an aromatic ring is 1. The number of thioether (sulfide) groups is 1. The largest absolute Gasteiger partial charge is 0.396 e. The maximum atomic E-state index is 5.61. The molecule has 2 N–H and O–H groups in total. The van der Waals surface area contributed by atoms with E-state index in [0.717, 1.165) is 0 Å². The number of anilines is 1. The molecular formula is C14H15N5OS. The zero-order valence-corrected chi connectivity index (χ0v) is 12.4. The average molecular weight is 301 g/mol. The Labute approximate surface area is 126 Å². The molecule has 0 saturated heterocycles. The fourth-order valence-corrected chi connectivity index (χ4v) is 2.75.